The van der Waals surface area contributed by atoms with Gasteiger partial charge in [-0.1, -0.05) is 24.3 Å². The van der Waals surface area contributed by atoms with Gasteiger partial charge in [0.05, 0.1) is 7.11 Å². The van der Waals surface area contributed by atoms with Crippen molar-refractivity contribution in [3.8, 4) is 11.5 Å². The molecule has 0 aliphatic rings. The van der Waals surface area contributed by atoms with E-state index in [4.69, 9.17) is 9.47 Å². The highest BCUT2D eigenvalue weighted by molar-refractivity contribution is 5.88. The maximum Gasteiger partial charge on any atom is 0.261 e. The minimum Gasteiger partial charge on any atom is -0.497 e. The number of rotatable bonds is 8. The lowest BCUT2D eigenvalue weighted by Crippen LogP contribution is -2.53. The molecule has 0 aliphatic heterocycles. The summed E-state index contributed by atoms with van der Waals surface area (Å²) in [6.07, 6.45) is 0. The van der Waals surface area contributed by atoms with Crippen LogP contribution in [0.2, 0.25) is 0 Å². The molecule has 0 bridgehead atoms. The van der Waals surface area contributed by atoms with Crippen LogP contribution >= 0.6 is 0 Å². The lowest BCUT2D eigenvalue weighted by Gasteiger charge is -2.31. The second-order valence-corrected chi connectivity index (χ2v) is 8.85. The maximum atomic E-state index is 13.2. The predicted molar refractivity (Wildman–Crippen MR) is 122 cm³/mol. The zero-order valence-electron chi connectivity index (χ0n) is 19.6. The Hall–Kier alpha value is -3.02. The van der Waals surface area contributed by atoms with Gasteiger partial charge in [-0.15, -0.1) is 0 Å². The van der Waals surface area contributed by atoms with Crippen LogP contribution in [0.3, 0.4) is 0 Å². The molecular formula is C25H34N2O4. The van der Waals surface area contributed by atoms with Gasteiger partial charge in [-0.05, 0) is 76.4 Å². The number of nitrogens with one attached hydrogen (secondary N) is 1. The van der Waals surface area contributed by atoms with Crippen LogP contribution in [-0.2, 0) is 16.1 Å². The van der Waals surface area contributed by atoms with Crippen LogP contribution in [0.1, 0.15) is 44.4 Å². The molecule has 0 saturated heterocycles. The topological polar surface area (TPSA) is 67.9 Å². The van der Waals surface area contributed by atoms with Crippen molar-refractivity contribution in [2.45, 2.75) is 59.7 Å². The molecule has 6 nitrogen and oxygen atoms in total. The molecular weight excluding hydrogens is 392 g/mol. The van der Waals surface area contributed by atoms with E-state index < -0.39 is 11.6 Å². The van der Waals surface area contributed by atoms with Crippen molar-refractivity contribution >= 4 is 11.8 Å². The summed E-state index contributed by atoms with van der Waals surface area (Å²) in [5.41, 5.74) is 2.48. The fourth-order valence-corrected chi connectivity index (χ4v) is 3.11. The smallest absolute Gasteiger partial charge is 0.261 e. The molecule has 2 aromatic carbocycles. The molecule has 31 heavy (non-hydrogen) atoms. The van der Waals surface area contributed by atoms with Crippen molar-refractivity contribution < 1.29 is 19.1 Å². The molecule has 2 rings (SSSR count). The van der Waals surface area contributed by atoms with Crippen LogP contribution in [-0.4, -0.2) is 42.0 Å². The second kappa shape index (κ2) is 10.3. The van der Waals surface area contributed by atoms with Gasteiger partial charge in [-0.2, -0.15) is 0 Å². The summed E-state index contributed by atoms with van der Waals surface area (Å²) in [6, 6.07) is 12.7. The Morgan fingerprint density at radius 2 is 1.81 bits per heavy atom. The van der Waals surface area contributed by atoms with Crippen LogP contribution in [0, 0.1) is 13.8 Å². The number of aryl methyl sites for hydroxylation is 2. The van der Waals surface area contributed by atoms with Gasteiger partial charge in [0, 0.05) is 12.1 Å². The molecule has 0 aromatic heterocycles. The standard InChI is InChI=1S/C25H34N2O4/c1-17-11-12-18(2)22(13-17)31-16-23(28)27(19(3)24(29)26-25(4,5)6)15-20-9-8-10-21(14-20)30-7/h8-14,19H,15-16H2,1-7H3,(H,26,29). The predicted octanol–water partition coefficient (Wildman–Crippen LogP) is 4.02. The van der Waals surface area contributed by atoms with Crippen LogP contribution in [0.15, 0.2) is 42.5 Å². The Morgan fingerprint density at radius 3 is 2.45 bits per heavy atom. The average molecular weight is 427 g/mol. The van der Waals surface area contributed by atoms with Crippen LogP contribution < -0.4 is 14.8 Å². The first-order valence-corrected chi connectivity index (χ1v) is 10.4. The Labute approximate surface area is 185 Å². The van der Waals surface area contributed by atoms with E-state index in [-0.39, 0.29) is 25.0 Å². The number of carbonyl (C=O) groups excluding carboxylic acids is 2. The van der Waals surface area contributed by atoms with E-state index in [9.17, 15) is 9.59 Å². The molecule has 168 valence electrons. The minimum atomic E-state index is -0.667. The van der Waals surface area contributed by atoms with E-state index in [1.54, 1.807) is 18.9 Å². The number of amides is 2. The Morgan fingerprint density at radius 1 is 1.10 bits per heavy atom. The molecule has 0 aliphatic carbocycles. The van der Waals surface area contributed by atoms with Gasteiger partial charge < -0.3 is 19.7 Å². The van der Waals surface area contributed by atoms with Crippen molar-refractivity contribution in [1.82, 2.24) is 10.2 Å². The van der Waals surface area contributed by atoms with Gasteiger partial charge in [-0.25, -0.2) is 0 Å². The highest BCUT2D eigenvalue weighted by Crippen LogP contribution is 2.20. The zero-order valence-corrected chi connectivity index (χ0v) is 19.6. The summed E-state index contributed by atoms with van der Waals surface area (Å²) in [7, 11) is 1.60. The van der Waals surface area contributed by atoms with E-state index in [1.165, 1.54) is 0 Å². The summed E-state index contributed by atoms with van der Waals surface area (Å²) >= 11 is 0. The normalized spacial score (nSPS) is 12.1. The van der Waals surface area contributed by atoms with Crippen molar-refractivity contribution in [3.05, 3.63) is 59.2 Å². The van der Waals surface area contributed by atoms with Gasteiger partial charge in [-0.3, -0.25) is 9.59 Å². The van der Waals surface area contributed by atoms with E-state index in [1.807, 2.05) is 77.1 Å². The van der Waals surface area contributed by atoms with Gasteiger partial charge >= 0.3 is 0 Å². The summed E-state index contributed by atoms with van der Waals surface area (Å²) in [5.74, 6) is 0.889. The molecule has 6 heteroatoms. The maximum absolute atomic E-state index is 13.2. The second-order valence-electron chi connectivity index (χ2n) is 8.85. The third kappa shape index (κ3) is 7.31. The fourth-order valence-electron chi connectivity index (χ4n) is 3.11. The quantitative estimate of drug-likeness (QED) is 0.692. The molecule has 0 heterocycles. The highest BCUT2D eigenvalue weighted by atomic mass is 16.5. The molecule has 0 saturated carbocycles. The van der Waals surface area contributed by atoms with E-state index in [0.29, 0.717) is 11.5 Å². The van der Waals surface area contributed by atoms with Gasteiger partial charge in [0.15, 0.2) is 6.61 Å². The number of carbonyl (C=O) groups is 2. The molecule has 0 radical (unpaired) electrons. The van der Waals surface area contributed by atoms with Gasteiger partial charge in [0.2, 0.25) is 5.91 Å². The van der Waals surface area contributed by atoms with Crippen molar-refractivity contribution in [2.75, 3.05) is 13.7 Å². The summed E-state index contributed by atoms with van der Waals surface area (Å²) in [6.45, 7) is 11.5. The van der Waals surface area contributed by atoms with E-state index in [2.05, 4.69) is 5.32 Å². The monoisotopic (exact) mass is 426 g/mol. The molecule has 2 amide bonds. The van der Waals surface area contributed by atoms with Crippen LogP contribution in [0.5, 0.6) is 11.5 Å². The lowest BCUT2D eigenvalue weighted by molar-refractivity contribution is -0.142. The number of methoxy groups -OCH3 is 1. The number of hydrogen-bond donors (Lipinski definition) is 1. The SMILES string of the molecule is COc1cccc(CN(C(=O)COc2cc(C)ccc2C)C(C)C(=O)NC(C)(C)C)c1. The molecule has 1 N–H and O–H groups in total. The zero-order chi connectivity index (χ0) is 23.2. The summed E-state index contributed by atoms with van der Waals surface area (Å²) < 4.78 is 11.1. The highest BCUT2D eigenvalue weighted by Gasteiger charge is 2.28. The number of benzene rings is 2. The average Bonchev–Trinajstić information content (AvgIpc) is 2.70. The van der Waals surface area contributed by atoms with E-state index in [0.717, 1.165) is 16.7 Å². The number of nitrogens with zero attached hydrogens (tertiary/aromatic N) is 1. The molecule has 2 aromatic rings. The Kier molecular flexibility index (Phi) is 8.08. The Balaban J connectivity index is 2.23. The van der Waals surface area contributed by atoms with Crippen molar-refractivity contribution in [2.24, 2.45) is 0 Å². The van der Waals surface area contributed by atoms with E-state index >= 15 is 0 Å². The number of ether oxygens (including phenoxy) is 2. The minimum absolute atomic E-state index is 0.151. The first-order valence-electron chi connectivity index (χ1n) is 10.4. The van der Waals surface area contributed by atoms with Crippen LogP contribution in [0.4, 0.5) is 0 Å². The fraction of sp³-hybridized carbons (Fsp3) is 0.440. The number of hydrogen-bond acceptors (Lipinski definition) is 4. The Bertz CT molecular complexity index is 918. The summed E-state index contributed by atoms with van der Waals surface area (Å²) in [5, 5.41) is 2.95. The van der Waals surface area contributed by atoms with Gasteiger partial charge in [0.1, 0.15) is 17.5 Å². The van der Waals surface area contributed by atoms with Crippen molar-refractivity contribution in [1.29, 1.82) is 0 Å². The molecule has 0 spiro atoms. The van der Waals surface area contributed by atoms with Crippen molar-refractivity contribution in [3.63, 3.8) is 0 Å². The van der Waals surface area contributed by atoms with Crippen LogP contribution in [0.25, 0.3) is 0 Å². The first kappa shape index (κ1) is 24.3. The lowest BCUT2D eigenvalue weighted by atomic mass is 10.1. The molecule has 0 fully saturated rings. The third-order valence-corrected chi connectivity index (χ3v) is 4.85. The molecule has 1 unspecified atom stereocenters. The van der Waals surface area contributed by atoms with Gasteiger partial charge in [0.25, 0.3) is 5.91 Å². The first-order chi connectivity index (χ1) is 14.5. The third-order valence-electron chi connectivity index (χ3n) is 4.85. The summed E-state index contributed by atoms with van der Waals surface area (Å²) in [4.78, 5) is 27.5. The molecule has 1 atom stereocenters. The largest absolute Gasteiger partial charge is 0.497 e.